The largest absolute Gasteiger partial charge is 0.497 e. The average Bonchev–Trinajstić information content (AvgIpc) is 2.44. The molecule has 0 aliphatic carbocycles. The van der Waals surface area contributed by atoms with Crippen molar-refractivity contribution in [1.82, 2.24) is 9.55 Å². The molecule has 1 N–H and O–H groups in total. The maximum Gasteiger partial charge on any atom is 0.293 e. The minimum absolute atomic E-state index is 0.00601. The molecule has 0 aliphatic rings. The van der Waals surface area contributed by atoms with Crippen LogP contribution in [0, 0.1) is 0 Å². The smallest absolute Gasteiger partial charge is 0.293 e. The predicted molar refractivity (Wildman–Crippen MR) is 74.5 cm³/mol. The summed E-state index contributed by atoms with van der Waals surface area (Å²) >= 11 is 0. The summed E-state index contributed by atoms with van der Waals surface area (Å²) in [5.41, 5.74) is 0.927. The lowest BCUT2D eigenvalue weighted by Crippen LogP contribution is -2.23. The van der Waals surface area contributed by atoms with Crippen LogP contribution >= 0.6 is 0 Å². The molecule has 1 aromatic carbocycles. The molecule has 0 amide bonds. The quantitative estimate of drug-likeness (QED) is 0.912. The standard InChI is InChI=1S/C14H17N3O2/c1-10(11-4-6-12(19-3)7-5-11)16-13-14(18)17(2)9-8-15-13/h4-10H,1-3H3,(H,15,16). The fourth-order valence-electron chi connectivity index (χ4n) is 1.78. The van der Waals surface area contributed by atoms with Crippen LogP contribution in [-0.4, -0.2) is 16.7 Å². The Morgan fingerprint density at radius 3 is 2.63 bits per heavy atom. The van der Waals surface area contributed by atoms with E-state index in [2.05, 4.69) is 10.3 Å². The Labute approximate surface area is 111 Å². The van der Waals surface area contributed by atoms with Gasteiger partial charge in [-0.1, -0.05) is 12.1 Å². The van der Waals surface area contributed by atoms with E-state index in [0.29, 0.717) is 5.82 Å². The summed E-state index contributed by atoms with van der Waals surface area (Å²) < 4.78 is 6.61. The first kappa shape index (κ1) is 13.1. The number of ether oxygens (including phenoxy) is 1. The molecule has 2 rings (SSSR count). The molecule has 19 heavy (non-hydrogen) atoms. The number of benzene rings is 1. The lowest BCUT2D eigenvalue weighted by Gasteiger charge is -2.15. The van der Waals surface area contributed by atoms with Crippen molar-refractivity contribution in [2.24, 2.45) is 7.05 Å². The van der Waals surface area contributed by atoms with Crippen LogP contribution in [0.15, 0.2) is 41.5 Å². The van der Waals surface area contributed by atoms with Gasteiger partial charge in [0.05, 0.1) is 13.2 Å². The van der Waals surface area contributed by atoms with E-state index >= 15 is 0 Å². The Balaban J connectivity index is 2.18. The maximum absolute atomic E-state index is 11.9. The van der Waals surface area contributed by atoms with Crippen LogP contribution < -0.4 is 15.6 Å². The molecule has 0 spiro atoms. The average molecular weight is 259 g/mol. The first-order valence-corrected chi connectivity index (χ1v) is 6.04. The number of hydrogen-bond acceptors (Lipinski definition) is 4. The second kappa shape index (κ2) is 5.56. The molecule has 1 atom stereocenters. The van der Waals surface area contributed by atoms with E-state index in [1.165, 1.54) is 4.57 Å². The first-order valence-electron chi connectivity index (χ1n) is 6.04. The summed E-state index contributed by atoms with van der Waals surface area (Å²) in [4.78, 5) is 15.9. The van der Waals surface area contributed by atoms with Gasteiger partial charge in [0.1, 0.15) is 5.75 Å². The van der Waals surface area contributed by atoms with E-state index in [4.69, 9.17) is 4.74 Å². The van der Waals surface area contributed by atoms with Gasteiger partial charge >= 0.3 is 0 Å². The third-order valence-corrected chi connectivity index (χ3v) is 2.99. The van der Waals surface area contributed by atoms with Crippen LogP contribution in [0.25, 0.3) is 0 Å². The molecule has 1 unspecified atom stereocenters. The van der Waals surface area contributed by atoms with E-state index in [0.717, 1.165) is 11.3 Å². The Hall–Kier alpha value is -2.30. The molecule has 0 saturated heterocycles. The van der Waals surface area contributed by atoms with Gasteiger partial charge in [0, 0.05) is 19.4 Å². The van der Waals surface area contributed by atoms with Crippen LogP contribution in [-0.2, 0) is 7.05 Å². The Morgan fingerprint density at radius 1 is 1.32 bits per heavy atom. The molecule has 100 valence electrons. The van der Waals surface area contributed by atoms with Crippen molar-refractivity contribution >= 4 is 5.82 Å². The molecule has 0 aliphatic heterocycles. The maximum atomic E-state index is 11.9. The molecular weight excluding hydrogens is 242 g/mol. The topological polar surface area (TPSA) is 56.1 Å². The van der Waals surface area contributed by atoms with Crippen LogP contribution in [0.4, 0.5) is 5.82 Å². The van der Waals surface area contributed by atoms with E-state index in [1.807, 2.05) is 31.2 Å². The lowest BCUT2D eigenvalue weighted by molar-refractivity contribution is 0.414. The molecule has 0 saturated carbocycles. The fourth-order valence-corrected chi connectivity index (χ4v) is 1.78. The van der Waals surface area contributed by atoms with Crippen molar-refractivity contribution in [2.75, 3.05) is 12.4 Å². The van der Waals surface area contributed by atoms with Crippen molar-refractivity contribution < 1.29 is 4.74 Å². The number of nitrogens with zero attached hydrogens (tertiary/aromatic N) is 2. The van der Waals surface area contributed by atoms with Crippen LogP contribution in [0.2, 0.25) is 0 Å². The highest BCUT2D eigenvalue weighted by Crippen LogP contribution is 2.19. The number of nitrogens with one attached hydrogen (secondary N) is 1. The van der Waals surface area contributed by atoms with Gasteiger partial charge in [-0.3, -0.25) is 4.79 Å². The minimum Gasteiger partial charge on any atom is -0.497 e. The molecule has 0 radical (unpaired) electrons. The number of anilines is 1. The van der Waals surface area contributed by atoms with Crippen LogP contribution in [0.5, 0.6) is 5.75 Å². The lowest BCUT2D eigenvalue weighted by atomic mass is 10.1. The summed E-state index contributed by atoms with van der Waals surface area (Å²) in [7, 11) is 3.33. The number of methoxy groups -OCH3 is 1. The minimum atomic E-state index is -0.136. The summed E-state index contributed by atoms with van der Waals surface area (Å²) in [5.74, 6) is 1.16. The third-order valence-electron chi connectivity index (χ3n) is 2.99. The molecule has 1 aromatic heterocycles. The molecule has 0 bridgehead atoms. The van der Waals surface area contributed by atoms with Gasteiger partial charge in [-0.2, -0.15) is 0 Å². The van der Waals surface area contributed by atoms with E-state index in [1.54, 1.807) is 26.6 Å². The van der Waals surface area contributed by atoms with E-state index in [-0.39, 0.29) is 11.6 Å². The summed E-state index contributed by atoms with van der Waals surface area (Å²) in [6.45, 7) is 1.98. The second-order valence-electron chi connectivity index (χ2n) is 4.33. The summed E-state index contributed by atoms with van der Waals surface area (Å²) in [6, 6.07) is 7.70. The van der Waals surface area contributed by atoms with Crippen LogP contribution in [0.3, 0.4) is 0 Å². The summed E-state index contributed by atoms with van der Waals surface area (Å²) in [5, 5.41) is 3.12. The summed E-state index contributed by atoms with van der Waals surface area (Å²) in [6.07, 6.45) is 3.23. The van der Waals surface area contributed by atoms with E-state index < -0.39 is 0 Å². The number of rotatable bonds is 4. The fraction of sp³-hybridized carbons (Fsp3) is 0.286. The predicted octanol–water partition coefficient (Wildman–Crippen LogP) is 1.96. The highest BCUT2D eigenvalue weighted by atomic mass is 16.5. The second-order valence-corrected chi connectivity index (χ2v) is 4.33. The van der Waals surface area contributed by atoms with Crippen molar-refractivity contribution in [3.05, 3.63) is 52.6 Å². The third kappa shape index (κ3) is 2.93. The molecule has 5 heteroatoms. The van der Waals surface area contributed by atoms with Gasteiger partial charge in [-0.15, -0.1) is 0 Å². The molecule has 1 heterocycles. The zero-order valence-corrected chi connectivity index (χ0v) is 11.3. The highest BCUT2D eigenvalue weighted by Gasteiger charge is 2.09. The van der Waals surface area contributed by atoms with Crippen LogP contribution in [0.1, 0.15) is 18.5 Å². The van der Waals surface area contributed by atoms with Gasteiger partial charge in [0.15, 0.2) is 5.82 Å². The zero-order valence-electron chi connectivity index (χ0n) is 11.3. The Bertz CT molecular complexity index is 605. The number of hydrogen-bond donors (Lipinski definition) is 1. The Morgan fingerprint density at radius 2 is 2.00 bits per heavy atom. The molecule has 2 aromatic rings. The van der Waals surface area contributed by atoms with Gasteiger partial charge < -0.3 is 14.6 Å². The van der Waals surface area contributed by atoms with Crippen molar-refractivity contribution in [2.45, 2.75) is 13.0 Å². The van der Waals surface area contributed by atoms with Crippen molar-refractivity contribution in [1.29, 1.82) is 0 Å². The number of aromatic nitrogens is 2. The zero-order chi connectivity index (χ0) is 13.8. The number of aryl methyl sites for hydroxylation is 1. The molecule has 0 fully saturated rings. The molecular formula is C14H17N3O2. The normalized spacial score (nSPS) is 11.9. The monoisotopic (exact) mass is 259 g/mol. The van der Waals surface area contributed by atoms with Gasteiger partial charge in [-0.05, 0) is 24.6 Å². The SMILES string of the molecule is COc1ccc(C(C)Nc2nccn(C)c2=O)cc1. The van der Waals surface area contributed by atoms with Crippen molar-refractivity contribution in [3.63, 3.8) is 0 Å². The molecule has 5 nitrogen and oxygen atoms in total. The van der Waals surface area contributed by atoms with Gasteiger partial charge in [0.25, 0.3) is 5.56 Å². The first-order chi connectivity index (χ1) is 9.11. The van der Waals surface area contributed by atoms with Gasteiger partial charge in [-0.25, -0.2) is 4.98 Å². The van der Waals surface area contributed by atoms with Gasteiger partial charge in [0.2, 0.25) is 0 Å². The van der Waals surface area contributed by atoms with E-state index in [9.17, 15) is 4.79 Å². The van der Waals surface area contributed by atoms with Crippen molar-refractivity contribution in [3.8, 4) is 5.75 Å². The highest BCUT2D eigenvalue weighted by molar-refractivity contribution is 5.37. The Kier molecular flexibility index (Phi) is 3.85.